The van der Waals surface area contributed by atoms with Gasteiger partial charge in [-0.1, -0.05) is 121 Å². The lowest BCUT2D eigenvalue weighted by atomic mass is 9.84. The van der Waals surface area contributed by atoms with Crippen molar-refractivity contribution < 1.29 is 29.3 Å². The van der Waals surface area contributed by atoms with Crippen molar-refractivity contribution in [1.29, 1.82) is 0 Å². The number of phenolic OH excluding ortho intramolecular Hbond substituents is 2. The van der Waals surface area contributed by atoms with Gasteiger partial charge >= 0.3 is 5.97 Å². The van der Waals surface area contributed by atoms with Crippen molar-refractivity contribution >= 4 is 11.8 Å². The summed E-state index contributed by atoms with van der Waals surface area (Å²) >= 11 is 0. The number of unbranched alkanes of at least 4 members (excludes halogenated alkanes) is 1. The van der Waals surface area contributed by atoms with Gasteiger partial charge in [0.1, 0.15) is 22.7 Å². The summed E-state index contributed by atoms with van der Waals surface area (Å²) in [5.74, 6) is 0.362. The third-order valence-electron chi connectivity index (χ3n) is 7.69. The molecule has 0 saturated carbocycles. The Morgan fingerprint density at radius 1 is 0.577 bits per heavy atom. The van der Waals surface area contributed by atoms with Gasteiger partial charge in [-0.3, -0.25) is 9.59 Å². The second-order valence-corrected chi connectivity index (χ2v) is 20.7. The van der Waals surface area contributed by atoms with Gasteiger partial charge in [0.2, 0.25) is 0 Å². The van der Waals surface area contributed by atoms with E-state index in [9.17, 15) is 19.8 Å². The SMILES string of the molecule is CC(C)(C)C.CC(C)(C)C.CC(C)(CCCCOC(C)(C)C(=O)CCc1ccc(O)c(C(C)(C)C)c1)OC(=O)CCc1ccc(O)c(C(C)(C)C)c1. The number of ketones is 1. The fourth-order valence-electron chi connectivity index (χ4n) is 4.95. The first kappa shape index (κ1) is 49.1. The van der Waals surface area contributed by atoms with Crippen LogP contribution in [0.1, 0.15) is 179 Å². The van der Waals surface area contributed by atoms with E-state index < -0.39 is 11.2 Å². The van der Waals surface area contributed by atoms with Crippen molar-refractivity contribution in [1.82, 2.24) is 0 Å². The van der Waals surface area contributed by atoms with E-state index in [1.807, 2.05) is 72.7 Å². The second-order valence-electron chi connectivity index (χ2n) is 20.7. The first-order valence-corrected chi connectivity index (χ1v) is 19.3. The Morgan fingerprint density at radius 3 is 1.35 bits per heavy atom. The zero-order valence-corrected chi connectivity index (χ0v) is 36.6. The molecule has 0 radical (unpaired) electrons. The summed E-state index contributed by atoms with van der Waals surface area (Å²) < 4.78 is 11.8. The van der Waals surface area contributed by atoms with Crippen LogP contribution in [0.15, 0.2) is 36.4 Å². The van der Waals surface area contributed by atoms with Gasteiger partial charge in [-0.2, -0.15) is 0 Å². The molecular weight excluding hydrogens is 649 g/mol. The molecule has 2 N–H and O–H groups in total. The van der Waals surface area contributed by atoms with Gasteiger partial charge in [-0.05, 0) is 116 Å². The Balaban J connectivity index is 0.00000228. The summed E-state index contributed by atoms with van der Waals surface area (Å²) in [7, 11) is 0. The molecule has 0 aliphatic rings. The first-order valence-electron chi connectivity index (χ1n) is 19.3. The third-order valence-corrected chi connectivity index (χ3v) is 7.69. The molecule has 0 bridgehead atoms. The topological polar surface area (TPSA) is 93.1 Å². The number of phenols is 2. The summed E-state index contributed by atoms with van der Waals surface area (Å²) in [6.45, 7) is 37.7. The second kappa shape index (κ2) is 20.0. The van der Waals surface area contributed by atoms with Crippen LogP contribution in [0.4, 0.5) is 0 Å². The summed E-state index contributed by atoms with van der Waals surface area (Å²) in [4.78, 5) is 25.5. The third kappa shape index (κ3) is 22.9. The molecule has 0 amide bonds. The molecule has 0 heterocycles. The molecule has 0 aliphatic heterocycles. The smallest absolute Gasteiger partial charge is 0.306 e. The van der Waals surface area contributed by atoms with Gasteiger partial charge in [0.05, 0.1) is 0 Å². The maximum absolute atomic E-state index is 12.9. The number of carbonyl (C=O) groups is 2. The highest BCUT2D eigenvalue weighted by atomic mass is 16.6. The van der Waals surface area contributed by atoms with E-state index in [0.29, 0.717) is 43.1 Å². The number of aromatic hydroxyl groups is 2. The van der Waals surface area contributed by atoms with Gasteiger partial charge in [-0.25, -0.2) is 0 Å². The Morgan fingerprint density at radius 2 is 0.962 bits per heavy atom. The Kier molecular flexibility index (Phi) is 18.9. The predicted molar refractivity (Wildman–Crippen MR) is 220 cm³/mol. The average molecular weight is 727 g/mol. The van der Waals surface area contributed by atoms with E-state index >= 15 is 0 Å². The Bertz CT molecular complexity index is 1360. The van der Waals surface area contributed by atoms with Crippen molar-refractivity contribution in [3.8, 4) is 11.5 Å². The van der Waals surface area contributed by atoms with Gasteiger partial charge in [0.15, 0.2) is 5.78 Å². The standard InChI is InChI=1S/C36H54O6.2C5H12/c1-33(2,3)27-23-25(13-17-29(27)37)15-19-31(39)36(9,10)41-22-12-11-21-35(7,8)42-32(40)20-16-26-14-18-30(38)28(24-26)34(4,5)6;2*1-5(2,3)4/h13-14,17-18,23-24,37-38H,11-12,15-16,19-22H2,1-10H3;2*1-4H3. The van der Waals surface area contributed by atoms with Crippen molar-refractivity contribution in [2.75, 3.05) is 6.61 Å². The van der Waals surface area contributed by atoms with Crippen LogP contribution in [0, 0.1) is 10.8 Å². The lowest BCUT2D eigenvalue weighted by molar-refractivity contribution is -0.157. The molecule has 0 fully saturated rings. The molecule has 6 nitrogen and oxygen atoms in total. The zero-order valence-electron chi connectivity index (χ0n) is 36.6. The molecular formula is C46H78O6. The van der Waals surface area contributed by atoms with Crippen LogP contribution in [-0.4, -0.2) is 39.8 Å². The van der Waals surface area contributed by atoms with Crippen LogP contribution in [0.2, 0.25) is 0 Å². The lowest BCUT2D eigenvalue weighted by Gasteiger charge is -2.27. The number of ether oxygens (including phenoxy) is 2. The number of Topliss-reactive ketones (excluding diaryl/α,β-unsaturated/α-hetero) is 1. The lowest BCUT2D eigenvalue weighted by Crippen LogP contribution is -2.35. The molecule has 2 rings (SSSR count). The molecule has 0 aromatic heterocycles. The van der Waals surface area contributed by atoms with Crippen molar-refractivity contribution in [3.05, 3.63) is 58.7 Å². The molecule has 0 unspecified atom stereocenters. The Labute approximate surface area is 319 Å². The van der Waals surface area contributed by atoms with Gasteiger partial charge in [-0.15, -0.1) is 0 Å². The molecule has 0 spiro atoms. The van der Waals surface area contributed by atoms with Crippen molar-refractivity contribution in [2.24, 2.45) is 10.8 Å². The number of aryl methyl sites for hydroxylation is 2. The van der Waals surface area contributed by atoms with Crippen molar-refractivity contribution in [3.63, 3.8) is 0 Å². The summed E-state index contributed by atoms with van der Waals surface area (Å²) in [5, 5.41) is 20.4. The number of rotatable bonds is 14. The van der Waals surface area contributed by atoms with E-state index in [0.717, 1.165) is 35.1 Å². The van der Waals surface area contributed by atoms with Crippen molar-refractivity contribution in [2.45, 2.75) is 192 Å². The molecule has 2 aromatic carbocycles. The summed E-state index contributed by atoms with van der Waals surface area (Å²) in [6.07, 6.45) is 4.05. The van der Waals surface area contributed by atoms with Crippen LogP contribution in [-0.2, 0) is 42.7 Å². The fraction of sp³-hybridized carbons (Fsp3) is 0.696. The van der Waals surface area contributed by atoms with Crippen LogP contribution >= 0.6 is 0 Å². The minimum absolute atomic E-state index is 0.0467. The first-order chi connectivity index (χ1) is 23.2. The van der Waals surface area contributed by atoms with Crippen LogP contribution in [0.25, 0.3) is 0 Å². The minimum atomic E-state index is -0.882. The molecule has 298 valence electrons. The van der Waals surface area contributed by atoms with E-state index in [1.165, 1.54) is 0 Å². The minimum Gasteiger partial charge on any atom is -0.508 e. The number of hydrogen-bond acceptors (Lipinski definition) is 6. The summed E-state index contributed by atoms with van der Waals surface area (Å²) in [6, 6.07) is 11.1. The van der Waals surface area contributed by atoms with E-state index in [-0.39, 0.29) is 40.5 Å². The normalized spacial score (nSPS) is 12.7. The van der Waals surface area contributed by atoms with E-state index in [4.69, 9.17) is 9.47 Å². The number of benzene rings is 2. The van der Waals surface area contributed by atoms with E-state index in [1.54, 1.807) is 12.1 Å². The average Bonchev–Trinajstić information content (AvgIpc) is 2.92. The zero-order chi connectivity index (χ0) is 40.9. The maximum atomic E-state index is 12.9. The van der Waals surface area contributed by atoms with E-state index in [2.05, 4.69) is 76.2 Å². The number of carbonyl (C=O) groups excluding carboxylic acids is 2. The summed E-state index contributed by atoms with van der Waals surface area (Å²) in [5.41, 5.74) is 2.94. The quantitative estimate of drug-likeness (QED) is 0.149. The molecule has 2 aromatic rings. The highest BCUT2D eigenvalue weighted by Gasteiger charge is 2.29. The van der Waals surface area contributed by atoms with Gasteiger partial charge in [0, 0.05) is 19.4 Å². The monoisotopic (exact) mass is 727 g/mol. The highest BCUT2D eigenvalue weighted by molar-refractivity contribution is 5.86. The number of hydrogen-bond donors (Lipinski definition) is 2. The largest absolute Gasteiger partial charge is 0.508 e. The maximum Gasteiger partial charge on any atom is 0.306 e. The number of esters is 1. The molecule has 52 heavy (non-hydrogen) atoms. The van der Waals surface area contributed by atoms with Gasteiger partial charge in [0.25, 0.3) is 0 Å². The molecule has 0 atom stereocenters. The predicted octanol–water partition coefficient (Wildman–Crippen LogP) is 12.2. The fourth-order valence-corrected chi connectivity index (χ4v) is 4.95. The van der Waals surface area contributed by atoms with Gasteiger partial charge < -0.3 is 19.7 Å². The Hall–Kier alpha value is -2.86. The molecule has 6 heteroatoms. The van der Waals surface area contributed by atoms with Crippen LogP contribution in [0.5, 0.6) is 11.5 Å². The van der Waals surface area contributed by atoms with Crippen LogP contribution in [0.3, 0.4) is 0 Å². The highest BCUT2D eigenvalue weighted by Crippen LogP contribution is 2.33. The molecule has 0 saturated heterocycles. The molecule has 0 aliphatic carbocycles. The van der Waals surface area contributed by atoms with Crippen LogP contribution < -0.4 is 0 Å².